The third-order valence-electron chi connectivity index (χ3n) is 1.49. The van der Waals surface area contributed by atoms with Gasteiger partial charge in [-0.2, -0.15) is 5.10 Å². The van der Waals surface area contributed by atoms with E-state index < -0.39 is 0 Å². The summed E-state index contributed by atoms with van der Waals surface area (Å²) in [5.41, 5.74) is 1.16. The second-order valence-corrected chi connectivity index (χ2v) is 2.38. The predicted octanol–water partition coefficient (Wildman–Crippen LogP) is 1.96. The molecular weight excluding hydrogens is 124 g/mol. The lowest BCUT2D eigenvalue weighted by atomic mass is 10.2. The normalized spacial score (nSPS) is 10.1. The van der Waals surface area contributed by atoms with Gasteiger partial charge >= 0.3 is 0 Å². The highest BCUT2D eigenvalue weighted by Gasteiger charge is 1.92. The minimum Gasteiger partial charge on any atom is -0.285 e. The molecule has 1 aromatic heterocycles. The lowest BCUT2D eigenvalue weighted by molar-refractivity contribution is 0.730. The SMILES string of the molecule is [CH2]CCCCc1cc[nH]n1. The highest BCUT2D eigenvalue weighted by atomic mass is 15.1. The molecule has 55 valence electrons. The van der Waals surface area contributed by atoms with Crippen LogP contribution in [0.25, 0.3) is 0 Å². The molecule has 1 radical (unpaired) electrons. The van der Waals surface area contributed by atoms with Gasteiger partial charge in [0.05, 0.1) is 5.69 Å². The van der Waals surface area contributed by atoms with Gasteiger partial charge in [0.25, 0.3) is 0 Å². The fourth-order valence-corrected chi connectivity index (χ4v) is 0.913. The number of hydrogen-bond donors (Lipinski definition) is 1. The Bertz CT molecular complexity index is 156. The van der Waals surface area contributed by atoms with Gasteiger partial charge in [0.15, 0.2) is 0 Å². The van der Waals surface area contributed by atoms with Gasteiger partial charge in [0.1, 0.15) is 0 Å². The van der Waals surface area contributed by atoms with Crippen LogP contribution in [0, 0.1) is 6.92 Å². The summed E-state index contributed by atoms with van der Waals surface area (Å²) < 4.78 is 0. The molecule has 1 heterocycles. The van der Waals surface area contributed by atoms with Gasteiger partial charge in [-0.25, -0.2) is 0 Å². The number of nitrogens with one attached hydrogen (secondary N) is 1. The summed E-state index contributed by atoms with van der Waals surface area (Å²) in [4.78, 5) is 0. The maximum atomic E-state index is 4.04. The summed E-state index contributed by atoms with van der Waals surface area (Å²) in [6, 6.07) is 2.02. The lowest BCUT2D eigenvalue weighted by Crippen LogP contribution is -1.84. The molecule has 2 heteroatoms. The average Bonchev–Trinajstić information content (AvgIpc) is 2.41. The second kappa shape index (κ2) is 4.09. The summed E-state index contributed by atoms with van der Waals surface area (Å²) in [6.45, 7) is 3.78. The Hall–Kier alpha value is -0.790. The van der Waals surface area contributed by atoms with Gasteiger partial charge in [0, 0.05) is 6.20 Å². The standard InChI is InChI=1S/C8H13N2/c1-2-3-4-5-8-6-7-9-10-8/h6-7H,1-5H2,(H,9,10). The number of aromatic amines is 1. The molecule has 0 unspecified atom stereocenters. The van der Waals surface area contributed by atoms with Crippen LogP contribution in [0.4, 0.5) is 0 Å². The number of aryl methyl sites for hydroxylation is 1. The summed E-state index contributed by atoms with van der Waals surface area (Å²) in [5.74, 6) is 0. The van der Waals surface area contributed by atoms with Crippen LogP contribution in [0.15, 0.2) is 12.3 Å². The molecule has 0 aliphatic rings. The molecule has 0 aliphatic heterocycles. The van der Waals surface area contributed by atoms with Crippen molar-refractivity contribution in [2.45, 2.75) is 25.7 Å². The van der Waals surface area contributed by atoms with E-state index >= 15 is 0 Å². The van der Waals surface area contributed by atoms with E-state index in [1.165, 1.54) is 12.8 Å². The first kappa shape index (κ1) is 7.32. The van der Waals surface area contributed by atoms with E-state index in [-0.39, 0.29) is 0 Å². The Kier molecular flexibility index (Phi) is 3.00. The van der Waals surface area contributed by atoms with Gasteiger partial charge in [-0.3, -0.25) is 5.10 Å². The molecule has 0 bridgehead atoms. The van der Waals surface area contributed by atoms with Crippen LogP contribution in [0.3, 0.4) is 0 Å². The van der Waals surface area contributed by atoms with Crippen molar-refractivity contribution >= 4 is 0 Å². The molecule has 0 aromatic carbocycles. The fourth-order valence-electron chi connectivity index (χ4n) is 0.913. The zero-order chi connectivity index (χ0) is 7.23. The molecule has 0 aliphatic carbocycles. The highest BCUT2D eigenvalue weighted by Crippen LogP contribution is 2.01. The van der Waals surface area contributed by atoms with Crippen LogP contribution in [0.5, 0.6) is 0 Å². The molecular formula is C8H13N2. The van der Waals surface area contributed by atoms with E-state index in [0.717, 1.165) is 18.5 Å². The number of aromatic nitrogens is 2. The van der Waals surface area contributed by atoms with Crippen molar-refractivity contribution in [1.82, 2.24) is 10.2 Å². The van der Waals surface area contributed by atoms with Crippen LogP contribution in [0.2, 0.25) is 0 Å². The summed E-state index contributed by atoms with van der Waals surface area (Å²) >= 11 is 0. The molecule has 0 spiro atoms. The largest absolute Gasteiger partial charge is 0.285 e. The Morgan fingerprint density at radius 1 is 1.50 bits per heavy atom. The van der Waals surface area contributed by atoms with Crippen molar-refractivity contribution in [2.24, 2.45) is 0 Å². The van der Waals surface area contributed by atoms with Crippen molar-refractivity contribution in [3.05, 3.63) is 24.9 Å². The van der Waals surface area contributed by atoms with E-state index in [1.54, 1.807) is 0 Å². The molecule has 0 atom stereocenters. The summed E-state index contributed by atoms with van der Waals surface area (Å²) in [5, 5.41) is 6.83. The first-order valence-corrected chi connectivity index (χ1v) is 3.71. The number of rotatable bonds is 4. The smallest absolute Gasteiger partial charge is 0.0622 e. The Morgan fingerprint density at radius 2 is 2.40 bits per heavy atom. The van der Waals surface area contributed by atoms with Crippen LogP contribution >= 0.6 is 0 Å². The molecule has 1 rings (SSSR count). The van der Waals surface area contributed by atoms with E-state index in [0.29, 0.717) is 0 Å². The summed E-state index contributed by atoms with van der Waals surface area (Å²) in [7, 11) is 0. The zero-order valence-electron chi connectivity index (χ0n) is 6.14. The number of unbranched alkanes of at least 4 members (excludes halogenated alkanes) is 2. The number of nitrogens with zero attached hydrogens (tertiary/aromatic N) is 1. The molecule has 1 N–H and O–H groups in total. The highest BCUT2D eigenvalue weighted by molar-refractivity contribution is 4.96. The minimum atomic E-state index is 1.03. The lowest BCUT2D eigenvalue weighted by Gasteiger charge is -1.92. The van der Waals surface area contributed by atoms with Crippen molar-refractivity contribution in [3.8, 4) is 0 Å². The maximum absolute atomic E-state index is 4.04. The third-order valence-corrected chi connectivity index (χ3v) is 1.49. The van der Waals surface area contributed by atoms with E-state index in [1.807, 2.05) is 12.3 Å². The Balaban J connectivity index is 2.15. The van der Waals surface area contributed by atoms with Crippen LogP contribution in [0.1, 0.15) is 25.0 Å². The van der Waals surface area contributed by atoms with Crippen molar-refractivity contribution in [1.29, 1.82) is 0 Å². The van der Waals surface area contributed by atoms with Gasteiger partial charge in [-0.1, -0.05) is 19.8 Å². The fraction of sp³-hybridized carbons (Fsp3) is 0.500. The quantitative estimate of drug-likeness (QED) is 0.631. The molecule has 0 saturated carbocycles. The van der Waals surface area contributed by atoms with Crippen molar-refractivity contribution in [3.63, 3.8) is 0 Å². The first-order chi connectivity index (χ1) is 4.93. The molecule has 1 aromatic rings. The molecule has 0 fully saturated rings. The van der Waals surface area contributed by atoms with E-state index in [2.05, 4.69) is 17.1 Å². The Labute approximate surface area is 61.7 Å². The van der Waals surface area contributed by atoms with E-state index in [9.17, 15) is 0 Å². The summed E-state index contributed by atoms with van der Waals surface area (Å²) in [6.07, 6.45) is 6.38. The number of H-pyrrole nitrogens is 1. The van der Waals surface area contributed by atoms with Gasteiger partial charge in [0.2, 0.25) is 0 Å². The van der Waals surface area contributed by atoms with Gasteiger partial charge in [-0.05, 0) is 18.9 Å². The van der Waals surface area contributed by atoms with Gasteiger partial charge in [-0.15, -0.1) is 0 Å². The molecule has 2 nitrogen and oxygen atoms in total. The monoisotopic (exact) mass is 137 g/mol. The molecule has 10 heavy (non-hydrogen) atoms. The Morgan fingerprint density at radius 3 is 3.00 bits per heavy atom. The predicted molar refractivity (Wildman–Crippen MR) is 41.5 cm³/mol. The second-order valence-electron chi connectivity index (χ2n) is 2.38. The van der Waals surface area contributed by atoms with E-state index in [4.69, 9.17) is 0 Å². The number of hydrogen-bond acceptors (Lipinski definition) is 1. The van der Waals surface area contributed by atoms with Crippen molar-refractivity contribution in [2.75, 3.05) is 0 Å². The average molecular weight is 137 g/mol. The van der Waals surface area contributed by atoms with Crippen LogP contribution in [-0.4, -0.2) is 10.2 Å². The van der Waals surface area contributed by atoms with Crippen molar-refractivity contribution < 1.29 is 0 Å². The van der Waals surface area contributed by atoms with Gasteiger partial charge < -0.3 is 0 Å². The molecule has 0 amide bonds. The topological polar surface area (TPSA) is 28.7 Å². The maximum Gasteiger partial charge on any atom is 0.0622 e. The zero-order valence-corrected chi connectivity index (χ0v) is 6.14. The minimum absolute atomic E-state index is 1.03. The molecule has 0 saturated heterocycles. The van der Waals surface area contributed by atoms with Crippen LogP contribution < -0.4 is 0 Å². The third kappa shape index (κ3) is 2.21. The first-order valence-electron chi connectivity index (χ1n) is 3.71. The van der Waals surface area contributed by atoms with Crippen LogP contribution in [-0.2, 0) is 6.42 Å².